The van der Waals surface area contributed by atoms with Crippen LogP contribution >= 0.6 is 11.6 Å². The van der Waals surface area contributed by atoms with Crippen molar-refractivity contribution in [1.29, 1.82) is 0 Å². The zero-order valence-corrected chi connectivity index (χ0v) is 10.6. The van der Waals surface area contributed by atoms with Crippen molar-refractivity contribution in [3.8, 4) is 11.3 Å². The molecule has 3 rings (SSSR count). The molecule has 0 amide bonds. The summed E-state index contributed by atoms with van der Waals surface area (Å²) in [6.45, 7) is 0.802. The van der Waals surface area contributed by atoms with Gasteiger partial charge in [-0.05, 0) is 30.2 Å². The molecule has 0 saturated heterocycles. The summed E-state index contributed by atoms with van der Waals surface area (Å²) in [5.41, 5.74) is 3.52. The van der Waals surface area contributed by atoms with E-state index in [1.165, 1.54) is 7.11 Å². The van der Waals surface area contributed by atoms with E-state index >= 15 is 0 Å². The van der Waals surface area contributed by atoms with Gasteiger partial charge in [0.1, 0.15) is 0 Å². The van der Waals surface area contributed by atoms with Crippen LogP contribution in [0.25, 0.3) is 11.3 Å². The van der Waals surface area contributed by atoms with Gasteiger partial charge in [0.25, 0.3) is 0 Å². The number of carbonyl (C=O) groups excluding carboxylic acids is 1. The summed E-state index contributed by atoms with van der Waals surface area (Å²) in [6, 6.07) is 5.43. The first-order chi connectivity index (χ1) is 8.70. The van der Waals surface area contributed by atoms with Gasteiger partial charge in [0, 0.05) is 18.3 Å². The van der Waals surface area contributed by atoms with Gasteiger partial charge in [0.2, 0.25) is 0 Å². The Balaban J connectivity index is 2.19. The number of carbonyl (C=O) groups is 1. The summed E-state index contributed by atoms with van der Waals surface area (Å²) in [5.74, 6) is -0.362. The average Bonchev–Trinajstić information content (AvgIpc) is 2.85. The molecule has 4 nitrogen and oxygen atoms in total. The van der Waals surface area contributed by atoms with Crippen molar-refractivity contribution in [2.45, 2.75) is 13.0 Å². The maximum Gasteiger partial charge on any atom is 0.337 e. The van der Waals surface area contributed by atoms with E-state index in [0.29, 0.717) is 10.6 Å². The smallest absolute Gasteiger partial charge is 0.337 e. The third-order valence-corrected chi connectivity index (χ3v) is 3.46. The minimum Gasteiger partial charge on any atom is -0.465 e. The minimum absolute atomic E-state index is 0.362. The standard InChI is InChI=1S/C13H11ClN2O2/c1-18-13(17)9-6-8-3-5-16-11(2-4-15-16)12(8)10(14)7-9/h2,4,6-7H,3,5H2,1H3. The second-order valence-electron chi connectivity index (χ2n) is 4.17. The largest absolute Gasteiger partial charge is 0.465 e. The first-order valence-electron chi connectivity index (χ1n) is 5.63. The highest BCUT2D eigenvalue weighted by Crippen LogP contribution is 2.36. The zero-order valence-electron chi connectivity index (χ0n) is 9.81. The molecule has 0 atom stereocenters. The normalized spacial score (nSPS) is 12.8. The van der Waals surface area contributed by atoms with Gasteiger partial charge in [-0.3, -0.25) is 4.68 Å². The zero-order chi connectivity index (χ0) is 12.7. The maximum absolute atomic E-state index is 11.5. The molecule has 0 radical (unpaired) electrons. The topological polar surface area (TPSA) is 44.1 Å². The number of aromatic nitrogens is 2. The van der Waals surface area contributed by atoms with E-state index in [1.54, 1.807) is 12.3 Å². The van der Waals surface area contributed by atoms with E-state index in [0.717, 1.165) is 29.8 Å². The SMILES string of the molecule is COC(=O)c1cc(Cl)c2c(c1)CCn1nccc1-2. The van der Waals surface area contributed by atoms with Crippen molar-refractivity contribution in [3.05, 3.63) is 40.5 Å². The van der Waals surface area contributed by atoms with Gasteiger partial charge in [-0.1, -0.05) is 11.6 Å². The van der Waals surface area contributed by atoms with Crippen LogP contribution in [0.15, 0.2) is 24.4 Å². The Morgan fingerprint density at radius 3 is 3.11 bits per heavy atom. The molecule has 92 valence electrons. The molecule has 0 spiro atoms. The lowest BCUT2D eigenvalue weighted by Gasteiger charge is -2.20. The highest BCUT2D eigenvalue weighted by molar-refractivity contribution is 6.33. The lowest BCUT2D eigenvalue weighted by Crippen LogP contribution is -2.13. The predicted octanol–water partition coefficient (Wildman–Crippen LogP) is 2.55. The Morgan fingerprint density at radius 2 is 2.33 bits per heavy atom. The van der Waals surface area contributed by atoms with E-state index < -0.39 is 0 Å². The Hall–Kier alpha value is -1.81. The lowest BCUT2D eigenvalue weighted by molar-refractivity contribution is 0.0600. The third kappa shape index (κ3) is 1.61. The molecule has 1 aromatic heterocycles. The molecule has 0 unspecified atom stereocenters. The second kappa shape index (κ2) is 4.14. The van der Waals surface area contributed by atoms with Gasteiger partial charge in [0.05, 0.1) is 23.4 Å². The van der Waals surface area contributed by atoms with Crippen LogP contribution in [0.3, 0.4) is 0 Å². The van der Waals surface area contributed by atoms with E-state index in [2.05, 4.69) is 5.10 Å². The lowest BCUT2D eigenvalue weighted by atomic mass is 9.96. The fraction of sp³-hybridized carbons (Fsp3) is 0.231. The molecule has 0 N–H and O–H groups in total. The Kier molecular flexibility index (Phi) is 2.59. The highest BCUT2D eigenvalue weighted by atomic mass is 35.5. The first kappa shape index (κ1) is 11.3. The van der Waals surface area contributed by atoms with Crippen molar-refractivity contribution in [2.75, 3.05) is 7.11 Å². The monoisotopic (exact) mass is 262 g/mol. The van der Waals surface area contributed by atoms with E-state index in [1.807, 2.05) is 16.8 Å². The fourth-order valence-electron chi connectivity index (χ4n) is 2.33. The number of methoxy groups -OCH3 is 1. The van der Waals surface area contributed by atoms with Crippen molar-refractivity contribution in [1.82, 2.24) is 9.78 Å². The fourth-order valence-corrected chi connectivity index (χ4v) is 2.67. The molecule has 2 heterocycles. The Morgan fingerprint density at radius 1 is 1.50 bits per heavy atom. The number of benzene rings is 1. The van der Waals surface area contributed by atoms with Crippen molar-refractivity contribution >= 4 is 17.6 Å². The number of rotatable bonds is 1. The van der Waals surface area contributed by atoms with Crippen molar-refractivity contribution in [2.24, 2.45) is 0 Å². The number of aryl methyl sites for hydroxylation is 2. The molecule has 0 fully saturated rings. The van der Waals surface area contributed by atoms with Crippen LogP contribution in [0.5, 0.6) is 0 Å². The van der Waals surface area contributed by atoms with Crippen LogP contribution in [0, 0.1) is 0 Å². The second-order valence-corrected chi connectivity index (χ2v) is 4.58. The van der Waals surface area contributed by atoms with Gasteiger partial charge in [-0.25, -0.2) is 4.79 Å². The molecule has 5 heteroatoms. The van der Waals surface area contributed by atoms with Crippen LogP contribution in [0.4, 0.5) is 0 Å². The summed E-state index contributed by atoms with van der Waals surface area (Å²) in [5, 5.41) is 4.80. The quantitative estimate of drug-likeness (QED) is 0.742. The average molecular weight is 263 g/mol. The molecule has 0 saturated carbocycles. The number of fused-ring (bicyclic) bond motifs is 3. The maximum atomic E-state index is 11.5. The first-order valence-corrected chi connectivity index (χ1v) is 6.01. The Bertz CT molecular complexity index is 634. The van der Waals surface area contributed by atoms with Crippen LogP contribution in [-0.2, 0) is 17.7 Å². The van der Waals surface area contributed by atoms with E-state index in [9.17, 15) is 4.79 Å². The number of halogens is 1. The number of hydrogen-bond acceptors (Lipinski definition) is 3. The molecule has 1 aliphatic rings. The van der Waals surface area contributed by atoms with Crippen LogP contribution in [0.2, 0.25) is 5.02 Å². The number of nitrogens with zero attached hydrogens (tertiary/aromatic N) is 2. The third-order valence-electron chi connectivity index (χ3n) is 3.16. The molecule has 0 bridgehead atoms. The molecule has 18 heavy (non-hydrogen) atoms. The number of ether oxygens (including phenoxy) is 1. The van der Waals surface area contributed by atoms with Crippen LogP contribution in [-0.4, -0.2) is 22.9 Å². The summed E-state index contributed by atoms with van der Waals surface area (Å²) >= 11 is 6.28. The van der Waals surface area contributed by atoms with Crippen LogP contribution < -0.4 is 0 Å². The van der Waals surface area contributed by atoms with E-state index in [-0.39, 0.29) is 5.97 Å². The summed E-state index contributed by atoms with van der Waals surface area (Å²) in [7, 11) is 1.37. The molecule has 2 aromatic rings. The van der Waals surface area contributed by atoms with Gasteiger partial charge >= 0.3 is 5.97 Å². The minimum atomic E-state index is -0.362. The highest BCUT2D eigenvalue weighted by Gasteiger charge is 2.21. The van der Waals surface area contributed by atoms with Gasteiger partial charge in [-0.15, -0.1) is 0 Å². The Labute approximate surface area is 109 Å². The summed E-state index contributed by atoms with van der Waals surface area (Å²) in [6.07, 6.45) is 2.57. The van der Waals surface area contributed by atoms with Gasteiger partial charge in [0.15, 0.2) is 0 Å². The van der Waals surface area contributed by atoms with Crippen LogP contribution in [0.1, 0.15) is 15.9 Å². The summed E-state index contributed by atoms with van der Waals surface area (Å²) in [4.78, 5) is 11.5. The number of esters is 1. The van der Waals surface area contributed by atoms with Gasteiger partial charge in [-0.2, -0.15) is 5.10 Å². The number of hydrogen-bond donors (Lipinski definition) is 0. The molecule has 0 aliphatic carbocycles. The molecule has 1 aliphatic heterocycles. The van der Waals surface area contributed by atoms with E-state index in [4.69, 9.17) is 16.3 Å². The molecule has 1 aromatic carbocycles. The molecular weight excluding hydrogens is 252 g/mol. The van der Waals surface area contributed by atoms with Crippen molar-refractivity contribution in [3.63, 3.8) is 0 Å². The predicted molar refractivity (Wildman–Crippen MR) is 67.7 cm³/mol. The molecular formula is C13H11ClN2O2. The summed E-state index contributed by atoms with van der Waals surface area (Å²) < 4.78 is 6.64. The van der Waals surface area contributed by atoms with Gasteiger partial charge < -0.3 is 4.74 Å². The van der Waals surface area contributed by atoms with Crippen molar-refractivity contribution < 1.29 is 9.53 Å².